The molecular weight excluding hydrogens is 306 g/mol. The molecular formula is C14H19N3O2S2. The lowest BCUT2D eigenvalue weighted by Crippen LogP contribution is -2.26. The largest absolute Gasteiger partial charge is 0.330 e. The number of nitrogens with zero attached hydrogens (tertiary/aromatic N) is 1. The Labute approximate surface area is 129 Å². The first-order chi connectivity index (χ1) is 10.1. The number of thiazole rings is 1. The highest BCUT2D eigenvalue weighted by atomic mass is 32.2. The van der Waals surface area contributed by atoms with Crippen LogP contribution in [0.1, 0.15) is 17.7 Å². The van der Waals surface area contributed by atoms with Gasteiger partial charge in [-0.25, -0.2) is 18.1 Å². The Kier molecular flexibility index (Phi) is 5.86. The Balaban J connectivity index is 1.92. The maximum Gasteiger partial charge on any atom is 0.240 e. The topological polar surface area (TPSA) is 85.1 Å². The van der Waals surface area contributed by atoms with E-state index in [2.05, 4.69) is 9.71 Å². The normalized spacial score (nSPS) is 11.7. The Bertz CT molecular complexity index is 637. The van der Waals surface area contributed by atoms with Crippen LogP contribution in [0.3, 0.4) is 0 Å². The number of rotatable bonds is 8. The SMILES string of the molecule is NCCCc1ccc(S(=O)(=O)NCCc2cscn2)cc1. The van der Waals surface area contributed by atoms with Crippen LogP contribution in [0.4, 0.5) is 0 Å². The first kappa shape index (κ1) is 16.1. The lowest BCUT2D eigenvalue weighted by molar-refractivity contribution is 0.581. The second-order valence-electron chi connectivity index (χ2n) is 4.66. The van der Waals surface area contributed by atoms with Crippen LogP contribution in [0.15, 0.2) is 40.1 Å². The average molecular weight is 325 g/mol. The van der Waals surface area contributed by atoms with Crippen molar-refractivity contribution >= 4 is 21.4 Å². The Morgan fingerprint density at radius 2 is 1.95 bits per heavy atom. The molecule has 0 bridgehead atoms. The fourth-order valence-electron chi connectivity index (χ4n) is 1.90. The molecule has 0 aliphatic heterocycles. The fourth-order valence-corrected chi connectivity index (χ4v) is 3.52. The van der Waals surface area contributed by atoms with Gasteiger partial charge in [0.15, 0.2) is 0 Å². The molecule has 0 amide bonds. The molecule has 7 heteroatoms. The summed E-state index contributed by atoms with van der Waals surface area (Å²) in [6.07, 6.45) is 2.36. The molecule has 0 fully saturated rings. The van der Waals surface area contributed by atoms with Gasteiger partial charge in [-0.05, 0) is 37.1 Å². The molecule has 0 spiro atoms. The highest BCUT2D eigenvalue weighted by Crippen LogP contribution is 2.12. The third-order valence-corrected chi connectivity index (χ3v) is 5.17. The third-order valence-electron chi connectivity index (χ3n) is 3.06. The second kappa shape index (κ2) is 7.65. The predicted octanol–water partition coefficient (Wildman–Crippen LogP) is 1.56. The van der Waals surface area contributed by atoms with Crippen molar-refractivity contribution in [2.45, 2.75) is 24.2 Å². The number of nitrogens with two attached hydrogens (primary N) is 1. The lowest BCUT2D eigenvalue weighted by Gasteiger charge is -2.07. The molecule has 0 radical (unpaired) electrons. The number of aryl methyl sites for hydroxylation is 1. The molecule has 114 valence electrons. The molecule has 0 unspecified atom stereocenters. The number of benzene rings is 1. The van der Waals surface area contributed by atoms with Crippen LogP contribution in [0.5, 0.6) is 0 Å². The Morgan fingerprint density at radius 3 is 2.57 bits per heavy atom. The first-order valence-corrected chi connectivity index (χ1v) is 9.20. The first-order valence-electron chi connectivity index (χ1n) is 6.77. The molecule has 3 N–H and O–H groups in total. The summed E-state index contributed by atoms with van der Waals surface area (Å²) in [7, 11) is -3.45. The van der Waals surface area contributed by atoms with Gasteiger partial charge in [0.05, 0.1) is 16.1 Å². The van der Waals surface area contributed by atoms with E-state index in [0.717, 1.165) is 24.1 Å². The molecule has 0 aliphatic rings. The van der Waals surface area contributed by atoms with Gasteiger partial charge in [-0.15, -0.1) is 11.3 Å². The van der Waals surface area contributed by atoms with Gasteiger partial charge >= 0.3 is 0 Å². The van der Waals surface area contributed by atoms with E-state index in [9.17, 15) is 8.42 Å². The summed E-state index contributed by atoms with van der Waals surface area (Å²) in [5.41, 5.74) is 9.20. The number of nitrogens with one attached hydrogen (secondary N) is 1. The van der Waals surface area contributed by atoms with Gasteiger partial charge in [-0.2, -0.15) is 0 Å². The van der Waals surface area contributed by atoms with E-state index in [1.807, 2.05) is 17.5 Å². The van der Waals surface area contributed by atoms with Gasteiger partial charge in [-0.1, -0.05) is 12.1 Å². The number of hydrogen-bond donors (Lipinski definition) is 2. The van der Waals surface area contributed by atoms with Crippen LogP contribution in [0.25, 0.3) is 0 Å². The summed E-state index contributed by atoms with van der Waals surface area (Å²) in [5.74, 6) is 0. The van der Waals surface area contributed by atoms with E-state index in [1.54, 1.807) is 17.6 Å². The van der Waals surface area contributed by atoms with Gasteiger partial charge in [0.1, 0.15) is 0 Å². The van der Waals surface area contributed by atoms with Crippen molar-refractivity contribution in [1.29, 1.82) is 0 Å². The molecule has 2 aromatic rings. The molecule has 0 atom stereocenters. The zero-order valence-electron chi connectivity index (χ0n) is 11.7. The molecule has 2 rings (SSSR count). The minimum Gasteiger partial charge on any atom is -0.330 e. The van der Waals surface area contributed by atoms with Gasteiger partial charge in [0.2, 0.25) is 10.0 Å². The lowest BCUT2D eigenvalue weighted by atomic mass is 10.1. The molecule has 21 heavy (non-hydrogen) atoms. The maximum atomic E-state index is 12.1. The van der Waals surface area contributed by atoms with E-state index >= 15 is 0 Å². The highest BCUT2D eigenvalue weighted by molar-refractivity contribution is 7.89. The van der Waals surface area contributed by atoms with Crippen molar-refractivity contribution in [2.75, 3.05) is 13.1 Å². The Hall–Kier alpha value is -1.28. The Morgan fingerprint density at radius 1 is 1.19 bits per heavy atom. The van der Waals surface area contributed by atoms with Crippen LogP contribution in [0, 0.1) is 0 Å². The van der Waals surface area contributed by atoms with E-state index in [4.69, 9.17) is 5.73 Å². The van der Waals surface area contributed by atoms with Gasteiger partial charge in [-0.3, -0.25) is 0 Å². The number of hydrogen-bond acceptors (Lipinski definition) is 5. The van der Waals surface area contributed by atoms with Crippen LogP contribution < -0.4 is 10.5 Å². The molecule has 1 aromatic carbocycles. The molecule has 0 saturated carbocycles. The van der Waals surface area contributed by atoms with Gasteiger partial charge < -0.3 is 5.73 Å². The summed E-state index contributed by atoms with van der Waals surface area (Å²) in [6, 6.07) is 6.95. The number of sulfonamides is 1. The molecule has 1 heterocycles. The summed E-state index contributed by atoms with van der Waals surface area (Å²) in [5, 5.41) is 1.92. The predicted molar refractivity (Wildman–Crippen MR) is 84.8 cm³/mol. The maximum absolute atomic E-state index is 12.1. The standard InChI is InChI=1S/C14H19N3O2S2/c15-8-1-2-12-3-5-14(6-4-12)21(18,19)17-9-7-13-10-20-11-16-13/h3-6,10-11,17H,1-2,7-9,15H2. The smallest absolute Gasteiger partial charge is 0.240 e. The minimum atomic E-state index is -3.45. The zero-order chi connectivity index (χ0) is 15.1. The van der Waals surface area contributed by atoms with E-state index < -0.39 is 10.0 Å². The monoisotopic (exact) mass is 325 g/mol. The third kappa shape index (κ3) is 4.89. The molecule has 0 aliphatic carbocycles. The van der Waals surface area contributed by atoms with Gasteiger partial charge in [0, 0.05) is 18.3 Å². The molecule has 5 nitrogen and oxygen atoms in total. The minimum absolute atomic E-state index is 0.289. The summed E-state index contributed by atoms with van der Waals surface area (Å²) in [6.45, 7) is 0.985. The van der Waals surface area contributed by atoms with Crippen molar-refractivity contribution in [3.8, 4) is 0 Å². The van der Waals surface area contributed by atoms with Crippen LogP contribution in [0.2, 0.25) is 0 Å². The van der Waals surface area contributed by atoms with Crippen molar-refractivity contribution in [3.05, 3.63) is 46.4 Å². The zero-order valence-corrected chi connectivity index (χ0v) is 13.3. The van der Waals surface area contributed by atoms with Crippen LogP contribution in [-0.2, 0) is 22.9 Å². The number of aromatic nitrogens is 1. The van der Waals surface area contributed by atoms with E-state index in [0.29, 0.717) is 19.5 Å². The second-order valence-corrected chi connectivity index (χ2v) is 7.15. The quantitative estimate of drug-likeness (QED) is 0.771. The highest BCUT2D eigenvalue weighted by Gasteiger charge is 2.13. The fraction of sp³-hybridized carbons (Fsp3) is 0.357. The van der Waals surface area contributed by atoms with Crippen molar-refractivity contribution in [1.82, 2.24) is 9.71 Å². The van der Waals surface area contributed by atoms with Gasteiger partial charge in [0.25, 0.3) is 0 Å². The summed E-state index contributed by atoms with van der Waals surface area (Å²) < 4.78 is 26.9. The molecule has 1 aromatic heterocycles. The molecule has 0 saturated heterocycles. The van der Waals surface area contributed by atoms with Crippen LogP contribution >= 0.6 is 11.3 Å². The van der Waals surface area contributed by atoms with Crippen molar-refractivity contribution < 1.29 is 8.42 Å². The summed E-state index contributed by atoms with van der Waals surface area (Å²) in [4.78, 5) is 4.41. The van der Waals surface area contributed by atoms with E-state index in [1.165, 1.54) is 11.3 Å². The summed E-state index contributed by atoms with van der Waals surface area (Å²) >= 11 is 1.50. The van der Waals surface area contributed by atoms with Crippen LogP contribution in [-0.4, -0.2) is 26.5 Å². The average Bonchev–Trinajstić information content (AvgIpc) is 2.98. The van der Waals surface area contributed by atoms with Crippen molar-refractivity contribution in [3.63, 3.8) is 0 Å². The van der Waals surface area contributed by atoms with Crippen molar-refractivity contribution in [2.24, 2.45) is 5.73 Å². The van der Waals surface area contributed by atoms with E-state index in [-0.39, 0.29) is 4.90 Å².